The third kappa shape index (κ3) is 6.87. The molecule has 0 aliphatic carbocycles. The van der Waals surface area contributed by atoms with Crippen molar-refractivity contribution < 1.29 is 17.6 Å². The molecule has 0 radical (unpaired) electrons. The van der Waals surface area contributed by atoms with Gasteiger partial charge in [-0.25, -0.2) is 4.39 Å². The molecule has 6 heteroatoms. The molecule has 0 unspecified atom stereocenters. The summed E-state index contributed by atoms with van der Waals surface area (Å²) in [6.07, 6.45) is -0.942. The molecule has 0 saturated heterocycles. The van der Waals surface area contributed by atoms with Crippen LogP contribution in [-0.2, 0) is 19.0 Å². The molecule has 0 saturated carbocycles. The summed E-state index contributed by atoms with van der Waals surface area (Å²) in [4.78, 5) is 0. The maximum Gasteiger partial charge on any atom is 0.416 e. The van der Waals surface area contributed by atoms with Gasteiger partial charge in [0.15, 0.2) is 0 Å². The van der Waals surface area contributed by atoms with Gasteiger partial charge in [0, 0.05) is 0 Å². The molecule has 0 N–H and O–H groups in total. The van der Waals surface area contributed by atoms with Crippen molar-refractivity contribution >= 4 is 24.0 Å². The highest BCUT2D eigenvalue weighted by Crippen LogP contribution is 2.29. The van der Waals surface area contributed by atoms with Crippen LogP contribution in [0.1, 0.15) is 36.5 Å². The van der Waals surface area contributed by atoms with E-state index in [2.05, 4.69) is 6.92 Å². The van der Waals surface area contributed by atoms with Crippen molar-refractivity contribution in [1.29, 1.82) is 0 Å². The normalized spacial score (nSPS) is 12.6. The first kappa shape index (κ1) is 21.8. The van der Waals surface area contributed by atoms with Gasteiger partial charge in [-0.1, -0.05) is 36.7 Å². The Labute approximate surface area is 156 Å². The first-order valence-electron chi connectivity index (χ1n) is 7.86. The highest BCUT2D eigenvalue weighted by molar-refractivity contribution is 6.30. The quantitative estimate of drug-likeness (QED) is 0.457. The summed E-state index contributed by atoms with van der Waals surface area (Å²) in [6.45, 7) is 2.11. The molecule has 0 spiro atoms. The SMILES string of the molecule is C[C@@H](CCc1ccc(C(F)(F)F)cc1)CCc1ccc(F)c(Cl)c1.Cl. The van der Waals surface area contributed by atoms with E-state index in [1.807, 2.05) is 0 Å². The molecule has 0 amide bonds. The summed E-state index contributed by atoms with van der Waals surface area (Å²) < 4.78 is 50.7. The van der Waals surface area contributed by atoms with Crippen LogP contribution in [0.4, 0.5) is 17.6 Å². The second-order valence-corrected chi connectivity index (χ2v) is 6.53. The fourth-order valence-corrected chi connectivity index (χ4v) is 2.73. The molecule has 138 valence electrons. The molecule has 1 atom stereocenters. The van der Waals surface area contributed by atoms with Crippen molar-refractivity contribution in [2.45, 2.75) is 38.8 Å². The molecule has 0 aliphatic heterocycles. The van der Waals surface area contributed by atoms with Gasteiger partial charge in [-0.05, 0) is 67.0 Å². The van der Waals surface area contributed by atoms with Crippen molar-refractivity contribution in [1.82, 2.24) is 0 Å². The van der Waals surface area contributed by atoms with E-state index < -0.39 is 17.6 Å². The average Bonchev–Trinajstić information content (AvgIpc) is 2.53. The van der Waals surface area contributed by atoms with Gasteiger partial charge in [0.25, 0.3) is 0 Å². The first-order valence-corrected chi connectivity index (χ1v) is 8.23. The Morgan fingerprint density at radius 2 is 1.44 bits per heavy atom. The Morgan fingerprint density at radius 3 is 1.96 bits per heavy atom. The molecule has 0 aliphatic rings. The summed E-state index contributed by atoms with van der Waals surface area (Å²) >= 11 is 5.76. The van der Waals surface area contributed by atoms with Crippen LogP contribution in [0.5, 0.6) is 0 Å². The molecule has 0 bridgehead atoms. The van der Waals surface area contributed by atoms with Crippen LogP contribution in [-0.4, -0.2) is 0 Å². The fraction of sp³-hybridized carbons (Fsp3) is 0.368. The zero-order valence-corrected chi connectivity index (χ0v) is 15.3. The summed E-state index contributed by atoms with van der Waals surface area (Å²) in [6, 6.07) is 10.1. The Hall–Kier alpha value is -1.26. The molecule has 0 aromatic heterocycles. The van der Waals surface area contributed by atoms with Gasteiger partial charge >= 0.3 is 6.18 Å². The van der Waals surface area contributed by atoms with Crippen LogP contribution < -0.4 is 0 Å². The molecule has 2 rings (SSSR count). The van der Waals surface area contributed by atoms with Gasteiger partial charge in [0.2, 0.25) is 0 Å². The lowest BCUT2D eigenvalue weighted by molar-refractivity contribution is -0.137. The van der Waals surface area contributed by atoms with Crippen LogP contribution >= 0.6 is 24.0 Å². The maximum atomic E-state index is 13.1. The minimum atomic E-state index is -4.29. The summed E-state index contributed by atoms with van der Waals surface area (Å²) in [7, 11) is 0. The Balaban J connectivity index is 0.00000312. The number of aryl methyl sites for hydroxylation is 2. The van der Waals surface area contributed by atoms with Crippen LogP contribution in [0.2, 0.25) is 5.02 Å². The molecule has 0 heterocycles. The van der Waals surface area contributed by atoms with Crippen molar-refractivity contribution in [2.24, 2.45) is 5.92 Å². The van der Waals surface area contributed by atoms with Crippen molar-refractivity contribution in [3.63, 3.8) is 0 Å². The Morgan fingerprint density at radius 1 is 0.920 bits per heavy atom. The molecular formula is C19H20Cl2F4. The number of alkyl halides is 3. The van der Waals surface area contributed by atoms with Gasteiger partial charge in [-0.2, -0.15) is 13.2 Å². The monoisotopic (exact) mass is 394 g/mol. The van der Waals surface area contributed by atoms with E-state index in [1.54, 1.807) is 12.1 Å². The van der Waals surface area contributed by atoms with E-state index >= 15 is 0 Å². The van der Waals surface area contributed by atoms with Gasteiger partial charge in [0.1, 0.15) is 5.82 Å². The summed E-state index contributed by atoms with van der Waals surface area (Å²) in [5, 5.41) is 0.130. The average molecular weight is 395 g/mol. The van der Waals surface area contributed by atoms with Gasteiger partial charge < -0.3 is 0 Å². The highest BCUT2D eigenvalue weighted by atomic mass is 35.5. The number of hydrogen-bond acceptors (Lipinski definition) is 0. The van der Waals surface area contributed by atoms with Crippen LogP contribution in [0.25, 0.3) is 0 Å². The van der Waals surface area contributed by atoms with Crippen molar-refractivity contribution in [3.8, 4) is 0 Å². The lowest BCUT2D eigenvalue weighted by atomic mass is 9.94. The number of benzene rings is 2. The molecule has 25 heavy (non-hydrogen) atoms. The lowest BCUT2D eigenvalue weighted by Gasteiger charge is -2.12. The van der Waals surface area contributed by atoms with Gasteiger partial charge in [-0.15, -0.1) is 12.4 Å². The number of rotatable bonds is 6. The van der Waals surface area contributed by atoms with E-state index in [-0.39, 0.29) is 17.4 Å². The zero-order valence-electron chi connectivity index (χ0n) is 13.7. The smallest absolute Gasteiger partial charge is 0.205 e. The highest BCUT2D eigenvalue weighted by Gasteiger charge is 2.29. The summed E-state index contributed by atoms with van der Waals surface area (Å²) in [5.74, 6) is -0.00751. The topological polar surface area (TPSA) is 0 Å². The van der Waals surface area contributed by atoms with Crippen molar-refractivity contribution in [3.05, 3.63) is 70.0 Å². The van der Waals surface area contributed by atoms with E-state index in [1.165, 1.54) is 18.2 Å². The van der Waals surface area contributed by atoms with Crippen LogP contribution in [0, 0.1) is 11.7 Å². The third-order valence-electron chi connectivity index (χ3n) is 4.12. The first-order chi connectivity index (χ1) is 11.3. The van der Waals surface area contributed by atoms with Gasteiger partial charge in [-0.3, -0.25) is 0 Å². The molecule has 2 aromatic carbocycles. The second-order valence-electron chi connectivity index (χ2n) is 6.13. The number of halogens is 6. The van der Waals surface area contributed by atoms with E-state index in [0.29, 0.717) is 5.92 Å². The summed E-state index contributed by atoms with van der Waals surface area (Å²) in [5.41, 5.74) is 1.27. The number of hydrogen-bond donors (Lipinski definition) is 0. The predicted molar refractivity (Wildman–Crippen MR) is 95.9 cm³/mol. The van der Waals surface area contributed by atoms with E-state index in [0.717, 1.165) is 48.9 Å². The molecule has 0 nitrogen and oxygen atoms in total. The predicted octanol–water partition coefficient (Wildman–Crippen LogP) is 7.12. The Bertz CT molecular complexity index is 666. The molecular weight excluding hydrogens is 375 g/mol. The standard InChI is InChI=1S/C19H19ClF4.ClH/c1-13(3-5-15-8-11-18(21)17(20)12-15)2-4-14-6-9-16(10-7-14)19(22,23)24;/h6-13H,2-5H2,1H3;1H/t13-;/m0./s1. The largest absolute Gasteiger partial charge is 0.416 e. The minimum absolute atomic E-state index is 0. The van der Waals surface area contributed by atoms with Gasteiger partial charge in [0.05, 0.1) is 10.6 Å². The third-order valence-corrected chi connectivity index (χ3v) is 4.41. The minimum Gasteiger partial charge on any atom is -0.205 e. The van der Waals surface area contributed by atoms with Crippen LogP contribution in [0.3, 0.4) is 0 Å². The Kier molecular flexibility index (Phi) is 8.23. The van der Waals surface area contributed by atoms with E-state index in [9.17, 15) is 17.6 Å². The lowest BCUT2D eigenvalue weighted by Crippen LogP contribution is -2.05. The fourth-order valence-electron chi connectivity index (χ4n) is 2.53. The molecule has 2 aromatic rings. The second kappa shape index (κ2) is 9.44. The molecule has 0 fully saturated rings. The van der Waals surface area contributed by atoms with Crippen LogP contribution in [0.15, 0.2) is 42.5 Å². The van der Waals surface area contributed by atoms with E-state index in [4.69, 9.17) is 11.6 Å². The zero-order chi connectivity index (χ0) is 17.7. The maximum absolute atomic E-state index is 13.1. The van der Waals surface area contributed by atoms with Crippen molar-refractivity contribution in [2.75, 3.05) is 0 Å².